The fourth-order valence-corrected chi connectivity index (χ4v) is 1.81. The van der Waals surface area contributed by atoms with Crippen LogP contribution >= 0.6 is 0 Å². The van der Waals surface area contributed by atoms with Crippen molar-refractivity contribution in [3.63, 3.8) is 0 Å². The normalized spacial score (nSPS) is 16.0. The number of carbonyl (C=O) groups excluding carboxylic acids is 1. The third-order valence-corrected chi connectivity index (χ3v) is 2.98. The minimum atomic E-state index is -0.426. The van der Waals surface area contributed by atoms with Crippen molar-refractivity contribution < 1.29 is 9.53 Å². The predicted molar refractivity (Wildman–Crippen MR) is 61.1 cm³/mol. The molecule has 1 saturated heterocycles. The number of aromatic nitrogens is 2. The molecule has 2 rings (SSSR count). The number of carbonyl (C=O) groups is 1. The molecule has 0 unspecified atom stereocenters. The Labute approximate surface area is 98.6 Å². The van der Waals surface area contributed by atoms with E-state index >= 15 is 0 Å². The molecule has 6 nitrogen and oxygen atoms in total. The van der Waals surface area contributed by atoms with Gasteiger partial charge in [0.1, 0.15) is 5.56 Å². The van der Waals surface area contributed by atoms with E-state index in [1.165, 1.54) is 0 Å². The van der Waals surface area contributed by atoms with E-state index in [1.807, 2.05) is 0 Å². The monoisotopic (exact) mass is 237 g/mol. The number of nitrogens with one attached hydrogen (secondary N) is 1. The van der Waals surface area contributed by atoms with E-state index < -0.39 is 5.56 Å². The van der Waals surface area contributed by atoms with Crippen molar-refractivity contribution in [1.29, 1.82) is 0 Å². The van der Waals surface area contributed by atoms with Gasteiger partial charge in [0.25, 0.3) is 11.5 Å². The molecule has 0 aromatic carbocycles. The molecule has 1 aliphatic rings. The number of ether oxygens (including phenoxy) is 1. The maximum absolute atomic E-state index is 12.2. The summed E-state index contributed by atoms with van der Waals surface area (Å²) < 4.78 is 5.18. The third-order valence-electron chi connectivity index (χ3n) is 2.98. The molecule has 0 atom stereocenters. The maximum Gasteiger partial charge on any atom is 0.277 e. The second-order valence-corrected chi connectivity index (χ2v) is 4.04. The summed E-state index contributed by atoms with van der Waals surface area (Å²) in [5.41, 5.74) is 1.08. The molecule has 6 heteroatoms. The second-order valence-electron chi connectivity index (χ2n) is 4.04. The lowest BCUT2D eigenvalue weighted by atomic mass is 10.1. The number of hydrogen-bond acceptors (Lipinski definition) is 4. The molecule has 0 bridgehead atoms. The molecule has 2 heterocycles. The van der Waals surface area contributed by atoms with E-state index in [4.69, 9.17) is 4.74 Å². The van der Waals surface area contributed by atoms with Crippen LogP contribution in [0, 0.1) is 13.8 Å². The Hall–Kier alpha value is -1.69. The molecule has 0 aliphatic carbocycles. The number of amides is 1. The number of hydrogen-bond donors (Lipinski definition) is 1. The Morgan fingerprint density at radius 3 is 2.65 bits per heavy atom. The van der Waals surface area contributed by atoms with Crippen LogP contribution in [0.25, 0.3) is 0 Å². The molecular formula is C11H15N3O3. The number of nitrogens with zero attached hydrogens (tertiary/aromatic N) is 2. The molecule has 92 valence electrons. The van der Waals surface area contributed by atoms with E-state index in [1.54, 1.807) is 18.7 Å². The average Bonchev–Trinajstić information content (AvgIpc) is 2.35. The zero-order valence-electron chi connectivity index (χ0n) is 9.95. The lowest BCUT2D eigenvalue weighted by Crippen LogP contribution is -2.43. The lowest BCUT2D eigenvalue weighted by Gasteiger charge is -2.27. The van der Waals surface area contributed by atoms with Crippen LogP contribution in [0.2, 0.25) is 0 Å². The van der Waals surface area contributed by atoms with Gasteiger partial charge in [-0.1, -0.05) is 0 Å². The second kappa shape index (κ2) is 4.67. The van der Waals surface area contributed by atoms with Gasteiger partial charge in [-0.3, -0.25) is 9.59 Å². The molecule has 1 aliphatic heterocycles. The summed E-state index contributed by atoms with van der Waals surface area (Å²) in [4.78, 5) is 25.5. The quantitative estimate of drug-likeness (QED) is 0.737. The van der Waals surface area contributed by atoms with Crippen molar-refractivity contribution in [2.24, 2.45) is 0 Å². The highest BCUT2D eigenvalue weighted by molar-refractivity contribution is 5.95. The van der Waals surface area contributed by atoms with Gasteiger partial charge >= 0.3 is 0 Å². The first-order valence-electron chi connectivity index (χ1n) is 5.54. The Kier molecular flexibility index (Phi) is 3.23. The van der Waals surface area contributed by atoms with Gasteiger partial charge in [-0.25, -0.2) is 5.10 Å². The first-order valence-corrected chi connectivity index (χ1v) is 5.54. The summed E-state index contributed by atoms with van der Waals surface area (Å²) in [6.07, 6.45) is 0. The lowest BCUT2D eigenvalue weighted by molar-refractivity contribution is 0.0301. The number of morpholine rings is 1. The van der Waals surface area contributed by atoms with Gasteiger partial charge in [-0.05, 0) is 19.4 Å². The highest BCUT2D eigenvalue weighted by Crippen LogP contribution is 2.09. The molecule has 1 fully saturated rings. The van der Waals surface area contributed by atoms with E-state index in [-0.39, 0.29) is 11.5 Å². The van der Waals surface area contributed by atoms with Crippen LogP contribution in [-0.2, 0) is 4.74 Å². The van der Waals surface area contributed by atoms with E-state index in [9.17, 15) is 9.59 Å². The van der Waals surface area contributed by atoms with E-state index in [2.05, 4.69) is 10.2 Å². The Morgan fingerprint density at radius 1 is 1.35 bits per heavy atom. The van der Waals surface area contributed by atoms with Gasteiger partial charge in [-0.15, -0.1) is 0 Å². The minimum Gasteiger partial charge on any atom is -0.378 e. The highest BCUT2D eigenvalue weighted by atomic mass is 16.5. The SMILES string of the molecule is Cc1n[nH]c(=O)c(C(=O)N2CCOCC2)c1C. The first kappa shape index (κ1) is 11.8. The van der Waals surface area contributed by atoms with Crippen molar-refractivity contribution in [3.8, 4) is 0 Å². The number of H-pyrrole nitrogens is 1. The zero-order chi connectivity index (χ0) is 12.4. The summed E-state index contributed by atoms with van der Waals surface area (Å²) in [5.74, 6) is -0.238. The van der Waals surface area contributed by atoms with E-state index in [0.29, 0.717) is 37.6 Å². The van der Waals surface area contributed by atoms with Gasteiger partial charge in [0.15, 0.2) is 0 Å². The van der Waals surface area contributed by atoms with Crippen molar-refractivity contribution in [1.82, 2.24) is 15.1 Å². The maximum atomic E-state index is 12.2. The van der Waals surface area contributed by atoms with Gasteiger partial charge in [0.05, 0.1) is 18.9 Å². The number of aromatic amines is 1. The number of aryl methyl sites for hydroxylation is 1. The van der Waals surface area contributed by atoms with Crippen LogP contribution < -0.4 is 5.56 Å². The molecule has 0 spiro atoms. The topological polar surface area (TPSA) is 75.3 Å². The van der Waals surface area contributed by atoms with Crippen LogP contribution in [0.4, 0.5) is 0 Å². The van der Waals surface area contributed by atoms with Crippen LogP contribution in [0.3, 0.4) is 0 Å². The molecule has 1 amide bonds. The summed E-state index contributed by atoms with van der Waals surface area (Å²) in [6, 6.07) is 0. The van der Waals surface area contributed by atoms with Gasteiger partial charge < -0.3 is 9.64 Å². The fraction of sp³-hybridized carbons (Fsp3) is 0.545. The van der Waals surface area contributed by atoms with Gasteiger partial charge in [0.2, 0.25) is 0 Å². The fourth-order valence-electron chi connectivity index (χ4n) is 1.81. The summed E-state index contributed by atoms with van der Waals surface area (Å²) in [7, 11) is 0. The summed E-state index contributed by atoms with van der Waals surface area (Å²) >= 11 is 0. The minimum absolute atomic E-state index is 0.194. The largest absolute Gasteiger partial charge is 0.378 e. The van der Waals surface area contributed by atoms with Crippen LogP contribution in [0.5, 0.6) is 0 Å². The average molecular weight is 237 g/mol. The molecule has 0 saturated carbocycles. The van der Waals surface area contributed by atoms with Crippen molar-refractivity contribution >= 4 is 5.91 Å². The predicted octanol–water partition coefficient (Wildman–Crippen LogP) is -0.141. The Balaban J connectivity index is 2.36. The van der Waals surface area contributed by atoms with Crippen molar-refractivity contribution in [2.45, 2.75) is 13.8 Å². The van der Waals surface area contributed by atoms with Crippen molar-refractivity contribution in [2.75, 3.05) is 26.3 Å². The molecule has 17 heavy (non-hydrogen) atoms. The van der Waals surface area contributed by atoms with Crippen molar-refractivity contribution in [3.05, 3.63) is 27.2 Å². The highest BCUT2D eigenvalue weighted by Gasteiger charge is 2.23. The van der Waals surface area contributed by atoms with Gasteiger partial charge in [0, 0.05) is 13.1 Å². The summed E-state index contributed by atoms with van der Waals surface area (Å²) in [5, 5.41) is 6.18. The third kappa shape index (κ3) is 2.21. The smallest absolute Gasteiger partial charge is 0.277 e. The van der Waals surface area contributed by atoms with E-state index in [0.717, 1.165) is 0 Å². The first-order chi connectivity index (χ1) is 8.11. The summed E-state index contributed by atoms with van der Waals surface area (Å²) in [6.45, 7) is 5.60. The molecule has 1 aromatic heterocycles. The molecule has 1 N–H and O–H groups in total. The standard InChI is InChI=1S/C11H15N3O3/c1-7-8(2)12-13-10(15)9(7)11(16)14-3-5-17-6-4-14/h3-6H2,1-2H3,(H,13,15). The molecular weight excluding hydrogens is 222 g/mol. The zero-order valence-corrected chi connectivity index (χ0v) is 9.95. The van der Waals surface area contributed by atoms with Gasteiger partial charge in [-0.2, -0.15) is 5.10 Å². The van der Waals surface area contributed by atoms with Crippen LogP contribution in [0.15, 0.2) is 4.79 Å². The van der Waals surface area contributed by atoms with Crippen LogP contribution in [-0.4, -0.2) is 47.3 Å². The van der Waals surface area contributed by atoms with Crippen LogP contribution in [0.1, 0.15) is 21.6 Å². The molecule has 1 aromatic rings. The number of rotatable bonds is 1. The molecule has 0 radical (unpaired) electrons. The Morgan fingerprint density at radius 2 is 2.00 bits per heavy atom. The Bertz CT molecular complexity index is 489.